The van der Waals surface area contributed by atoms with Gasteiger partial charge in [-0.15, -0.1) is 0 Å². The fraction of sp³-hybridized carbons (Fsp3) is 0.450. The predicted octanol–water partition coefficient (Wildman–Crippen LogP) is 2.67. The third kappa shape index (κ3) is 3.82. The number of hydrogen-bond donors (Lipinski definition) is 1. The maximum Gasteiger partial charge on any atom is 0.261 e. The van der Waals surface area contributed by atoms with Crippen LogP contribution >= 0.6 is 0 Å². The lowest BCUT2D eigenvalue weighted by molar-refractivity contribution is -0.137. The van der Waals surface area contributed by atoms with Crippen molar-refractivity contribution in [2.75, 3.05) is 24.6 Å². The number of anilines is 1. The average molecular weight is 368 g/mol. The number of benzene rings is 1. The van der Waals surface area contributed by atoms with E-state index in [0.717, 1.165) is 50.3 Å². The number of amides is 2. The second-order valence-electron chi connectivity index (χ2n) is 7.01. The van der Waals surface area contributed by atoms with E-state index in [0.29, 0.717) is 12.2 Å². The summed E-state index contributed by atoms with van der Waals surface area (Å²) in [7, 11) is 0. The van der Waals surface area contributed by atoms with Crippen LogP contribution in [0.1, 0.15) is 44.0 Å². The molecule has 2 saturated heterocycles. The summed E-state index contributed by atoms with van der Waals surface area (Å²) in [5.74, 6) is 1.53. The van der Waals surface area contributed by atoms with E-state index in [2.05, 4.69) is 9.97 Å². The Morgan fingerprint density at radius 1 is 1.26 bits per heavy atom. The van der Waals surface area contributed by atoms with Crippen molar-refractivity contribution in [2.45, 2.75) is 38.1 Å². The minimum Gasteiger partial charge on any atom is -0.484 e. The largest absolute Gasteiger partial charge is 0.484 e. The number of aromatic amines is 1. The molecule has 27 heavy (non-hydrogen) atoms. The molecule has 2 aliphatic rings. The van der Waals surface area contributed by atoms with Crippen LogP contribution in [0, 0.1) is 0 Å². The van der Waals surface area contributed by atoms with Crippen LogP contribution in [0.15, 0.2) is 36.7 Å². The standard InChI is InChI=1S/C20H24N4O3/c25-18-8-4-12-23(18)15-5-3-6-16(13-15)27-14-19(26)24-11-2-1-7-17(24)20-21-9-10-22-20/h3,5-6,9-10,13,17H,1-2,4,7-8,11-12,14H2,(H,21,22). The number of ether oxygens (including phenoxy) is 1. The zero-order valence-corrected chi connectivity index (χ0v) is 15.3. The fourth-order valence-electron chi connectivity index (χ4n) is 3.86. The first kappa shape index (κ1) is 17.6. The Morgan fingerprint density at radius 2 is 2.19 bits per heavy atom. The zero-order valence-electron chi connectivity index (χ0n) is 15.3. The summed E-state index contributed by atoms with van der Waals surface area (Å²) in [6, 6.07) is 7.38. The molecule has 1 atom stereocenters. The van der Waals surface area contributed by atoms with E-state index in [1.54, 1.807) is 17.3 Å². The highest BCUT2D eigenvalue weighted by molar-refractivity contribution is 5.95. The molecule has 4 rings (SSSR count). The Balaban J connectivity index is 1.40. The summed E-state index contributed by atoms with van der Waals surface area (Å²) in [6.45, 7) is 1.43. The van der Waals surface area contributed by atoms with Crippen LogP contribution < -0.4 is 9.64 Å². The number of nitrogens with one attached hydrogen (secondary N) is 1. The van der Waals surface area contributed by atoms with Crippen molar-refractivity contribution in [3.63, 3.8) is 0 Å². The van der Waals surface area contributed by atoms with Crippen LogP contribution in [-0.2, 0) is 9.59 Å². The number of likely N-dealkylation sites (tertiary alicyclic amines) is 1. The summed E-state index contributed by atoms with van der Waals surface area (Å²) in [5.41, 5.74) is 0.828. The first-order valence-electron chi connectivity index (χ1n) is 9.54. The maximum atomic E-state index is 12.8. The van der Waals surface area contributed by atoms with E-state index in [4.69, 9.17) is 4.74 Å². The molecule has 7 nitrogen and oxygen atoms in total. The summed E-state index contributed by atoms with van der Waals surface area (Å²) in [4.78, 5) is 35.8. The lowest BCUT2D eigenvalue weighted by Crippen LogP contribution is -2.41. The van der Waals surface area contributed by atoms with Gasteiger partial charge in [0.1, 0.15) is 11.6 Å². The zero-order chi connectivity index (χ0) is 18.6. The Kier molecular flexibility index (Phi) is 5.09. The molecular formula is C20H24N4O3. The molecule has 142 valence electrons. The normalized spacial score (nSPS) is 20.1. The van der Waals surface area contributed by atoms with Crippen LogP contribution in [0.25, 0.3) is 0 Å². The molecule has 0 saturated carbocycles. The molecular weight excluding hydrogens is 344 g/mol. The van der Waals surface area contributed by atoms with Crippen LogP contribution in [0.3, 0.4) is 0 Å². The number of imidazole rings is 1. The third-order valence-corrected chi connectivity index (χ3v) is 5.22. The van der Waals surface area contributed by atoms with E-state index in [-0.39, 0.29) is 24.5 Å². The van der Waals surface area contributed by atoms with Gasteiger partial charge in [0.25, 0.3) is 5.91 Å². The molecule has 7 heteroatoms. The highest BCUT2D eigenvalue weighted by Crippen LogP contribution is 2.29. The predicted molar refractivity (Wildman–Crippen MR) is 100 cm³/mol. The van der Waals surface area contributed by atoms with E-state index < -0.39 is 0 Å². The van der Waals surface area contributed by atoms with Crippen molar-refractivity contribution in [3.8, 4) is 5.75 Å². The van der Waals surface area contributed by atoms with Crippen LogP contribution in [0.4, 0.5) is 5.69 Å². The molecule has 0 bridgehead atoms. The number of aromatic nitrogens is 2. The second-order valence-corrected chi connectivity index (χ2v) is 7.01. The quantitative estimate of drug-likeness (QED) is 0.880. The van der Waals surface area contributed by atoms with Gasteiger partial charge in [-0.3, -0.25) is 9.59 Å². The van der Waals surface area contributed by atoms with Crippen molar-refractivity contribution in [1.82, 2.24) is 14.9 Å². The van der Waals surface area contributed by atoms with Gasteiger partial charge < -0.3 is 19.5 Å². The Bertz CT molecular complexity index is 805. The average Bonchev–Trinajstić information content (AvgIpc) is 3.38. The maximum absolute atomic E-state index is 12.8. The topological polar surface area (TPSA) is 78.5 Å². The van der Waals surface area contributed by atoms with Gasteiger partial charge in [0.15, 0.2) is 6.61 Å². The summed E-state index contributed by atoms with van der Waals surface area (Å²) in [6.07, 6.45) is 7.96. The van der Waals surface area contributed by atoms with Gasteiger partial charge in [-0.25, -0.2) is 4.98 Å². The molecule has 2 aliphatic heterocycles. The Labute approximate surface area is 158 Å². The van der Waals surface area contributed by atoms with E-state index in [1.807, 2.05) is 29.2 Å². The highest BCUT2D eigenvalue weighted by Gasteiger charge is 2.29. The molecule has 1 N–H and O–H groups in total. The van der Waals surface area contributed by atoms with Crippen molar-refractivity contribution in [3.05, 3.63) is 42.5 Å². The van der Waals surface area contributed by atoms with Crippen molar-refractivity contribution >= 4 is 17.5 Å². The third-order valence-electron chi connectivity index (χ3n) is 5.22. The number of carbonyl (C=O) groups excluding carboxylic acids is 2. The summed E-state index contributed by atoms with van der Waals surface area (Å²) < 4.78 is 5.76. The van der Waals surface area contributed by atoms with Crippen LogP contribution in [0.2, 0.25) is 0 Å². The van der Waals surface area contributed by atoms with Gasteiger partial charge >= 0.3 is 0 Å². The van der Waals surface area contributed by atoms with Crippen molar-refractivity contribution in [1.29, 1.82) is 0 Å². The smallest absolute Gasteiger partial charge is 0.261 e. The van der Waals surface area contributed by atoms with Gasteiger partial charge in [-0.05, 0) is 37.8 Å². The second kappa shape index (κ2) is 7.82. The molecule has 1 aromatic carbocycles. The molecule has 1 aromatic heterocycles. The molecule has 0 radical (unpaired) electrons. The summed E-state index contributed by atoms with van der Waals surface area (Å²) >= 11 is 0. The van der Waals surface area contributed by atoms with Crippen molar-refractivity contribution < 1.29 is 14.3 Å². The number of rotatable bonds is 5. The minimum atomic E-state index is -0.0428. The van der Waals surface area contributed by atoms with E-state index in [1.165, 1.54) is 0 Å². The van der Waals surface area contributed by atoms with Crippen LogP contribution in [0.5, 0.6) is 5.75 Å². The number of hydrogen-bond acceptors (Lipinski definition) is 4. The highest BCUT2D eigenvalue weighted by atomic mass is 16.5. The molecule has 3 heterocycles. The van der Waals surface area contributed by atoms with Crippen molar-refractivity contribution in [2.24, 2.45) is 0 Å². The fourth-order valence-corrected chi connectivity index (χ4v) is 3.86. The first-order chi connectivity index (χ1) is 13.2. The number of nitrogens with zero attached hydrogens (tertiary/aromatic N) is 3. The van der Waals surface area contributed by atoms with Crippen LogP contribution in [-0.4, -0.2) is 46.4 Å². The van der Waals surface area contributed by atoms with Gasteiger partial charge in [0.2, 0.25) is 5.91 Å². The monoisotopic (exact) mass is 368 g/mol. The molecule has 0 spiro atoms. The van der Waals surface area contributed by atoms with Gasteiger partial charge in [0, 0.05) is 43.7 Å². The number of piperidine rings is 1. The van der Waals surface area contributed by atoms with E-state index in [9.17, 15) is 9.59 Å². The molecule has 0 aliphatic carbocycles. The SMILES string of the molecule is O=C1CCCN1c1cccc(OCC(=O)N2CCCCC2c2ncc[nH]2)c1. The Hall–Kier alpha value is -2.83. The van der Waals surface area contributed by atoms with Gasteiger partial charge in [-0.2, -0.15) is 0 Å². The summed E-state index contributed by atoms with van der Waals surface area (Å²) in [5, 5.41) is 0. The molecule has 2 amide bonds. The van der Waals surface area contributed by atoms with E-state index >= 15 is 0 Å². The molecule has 2 fully saturated rings. The lowest BCUT2D eigenvalue weighted by Gasteiger charge is -2.34. The van der Waals surface area contributed by atoms with Gasteiger partial charge in [0.05, 0.1) is 6.04 Å². The Morgan fingerprint density at radius 3 is 2.96 bits per heavy atom. The first-order valence-corrected chi connectivity index (χ1v) is 9.54. The molecule has 2 aromatic rings. The minimum absolute atomic E-state index is 0.0154. The lowest BCUT2D eigenvalue weighted by atomic mass is 10.0. The molecule has 1 unspecified atom stereocenters. The van der Waals surface area contributed by atoms with Gasteiger partial charge in [-0.1, -0.05) is 6.07 Å². The number of carbonyl (C=O) groups is 2. The number of H-pyrrole nitrogens is 1.